The second-order valence-electron chi connectivity index (χ2n) is 9.87. The van der Waals surface area contributed by atoms with Crippen molar-refractivity contribution in [3.05, 3.63) is 105 Å². The Morgan fingerprint density at radius 2 is 1.82 bits per heavy atom. The number of fused-ring (bicyclic) bond motifs is 1. The van der Waals surface area contributed by atoms with E-state index in [4.69, 9.17) is 21.7 Å². The van der Waals surface area contributed by atoms with E-state index >= 15 is 0 Å². The number of anilines is 3. The molecule has 1 aliphatic heterocycles. The van der Waals surface area contributed by atoms with Crippen LogP contribution in [0.15, 0.2) is 83.2 Å². The van der Waals surface area contributed by atoms with Crippen LogP contribution in [0, 0.1) is 13.8 Å². The molecule has 1 unspecified atom stereocenters. The fourth-order valence-corrected chi connectivity index (χ4v) is 5.77. The summed E-state index contributed by atoms with van der Waals surface area (Å²) in [7, 11) is 4.01. The lowest BCUT2D eigenvalue weighted by Crippen LogP contribution is -2.31. The third-order valence-corrected chi connectivity index (χ3v) is 8.00. The van der Waals surface area contributed by atoms with Crippen molar-refractivity contribution < 1.29 is 4.79 Å². The van der Waals surface area contributed by atoms with Gasteiger partial charge in [-0.15, -0.1) is 5.10 Å². The summed E-state index contributed by atoms with van der Waals surface area (Å²) in [5.41, 5.74) is 7.31. The molecule has 0 fully saturated rings. The van der Waals surface area contributed by atoms with E-state index in [0.717, 1.165) is 39.3 Å². The maximum atomic E-state index is 13.8. The Morgan fingerprint density at radius 1 is 1.08 bits per heavy atom. The number of nitrogens with zero attached hydrogens (tertiary/aromatic N) is 4. The van der Waals surface area contributed by atoms with E-state index in [1.54, 1.807) is 0 Å². The van der Waals surface area contributed by atoms with Crippen LogP contribution in [0.5, 0.6) is 0 Å². The molecule has 0 spiro atoms. The first-order valence-corrected chi connectivity index (χ1v) is 14.0. The van der Waals surface area contributed by atoms with E-state index < -0.39 is 6.04 Å². The first kappa shape index (κ1) is 26.8. The van der Waals surface area contributed by atoms with Gasteiger partial charge < -0.3 is 15.5 Å². The topological polar surface area (TPSA) is 75.1 Å². The summed E-state index contributed by atoms with van der Waals surface area (Å²) in [6.45, 7) is 5.95. The van der Waals surface area contributed by atoms with Gasteiger partial charge in [-0.05, 0) is 61.7 Å². The molecule has 0 bridgehead atoms. The molecule has 39 heavy (non-hydrogen) atoms. The highest BCUT2D eigenvalue weighted by Gasteiger charge is 2.34. The molecule has 2 heterocycles. The molecule has 9 heteroatoms. The summed E-state index contributed by atoms with van der Waals surface area (Å²) in [4.78, 5) is 20.6. The lowest BCUT2D eigenvalue weighted by atomic mass is 9.94. The van der Waals surface area contributed by atoms with E-state index in [1.165, 1.54) is 11.8 Å². The van der Waals surface area contributed by atoms with E-state index in [-0.39, 0.29) is 5.91 Å². The van der Waals surface area contributed by atoms with Crippen LogP contribution >= 0.6 is 23.4 Å². The number of hydrogen-bond acceptors (Lipinski definition) is 6. The maximum Gasteiger partial charge on any atom is 0.255 e. The molecule has 7 nitrogen and oxygen atoms in total. The van der Waals surface area contributed by atoms with Gasteiger partial charge in [0.25, 0.3) is 5.91 Å². The molecule has 1 aliphatic rings. The number of carbonyl (C=O) groups excluding carboxylic acids is 1. The van der Waals surface area contributed by atoms with Crippen LogP contribution in [0.3, 0.4) is 0 Å². The third-order valence-electron chi connectivity index (χ3n) is 6.75. The summed E-state index contributed by atoms with van der Waals surface area (Å²) in [5.74, 6) is 1.05. The monoisotopic (exact) mass is 558 g/mol. The molecule has 0 radical (unpaired) electrons. The molecule has 3 aromatic carbocycles. The van der Waals surface area contributed by atoms with Crippen molar-refractivity contribution in [3.8, 4) is 0 Å². The Kier molecular flexibility index (Phi) is 7.68. The van der Waals surface area contributed by atoms with Crippen molar-refractivity contribution >= 4 is 46.6 Å². The predicted octanol–water partition coefficient (Wildman–Crippen LogP) is 6.83. The van der Waals surface area contributed by atoms with Crippen molar-refractivity contribution in [1.82, 2.24) is 14.8 Å². The zero-order valence-electron chi connectivity index (χ0n) is 22.6. The summed E-state index contributed by atoms with van der Waals surface area (Å²) in [6.07, 6.45) is 0. The van der Waals surface area contributed by atoms with Crippen LogP contribution in [-0.4, -0.2) is 34.8 Å². The van der Waals surface area contributed by atoms with Gasteiger partial charge >= 0.3 is 0 Å². The van der Waals surface area contributed by atoms with Crippen LogP contribution in [0.2, 0.25) is 5.02 Å². The molecule has 200 valence electrons. The largest absolute Gasteiger partial charge is 0.378 e. The second-order valence-corrected chi connectivity index (χ2v) is 11.2. The van der Waals surface area contributed by atoms with Gasteiger partial charge in [0.05, 0.1) is 5.57 Å². The molecule has 1 atom stereocenters. The number of rotatable bonds is 7. The Hall–Kier alpha value is -3.75. The average molecular weight is 559 g/mol. The van der Waals surface area contributed by atoms with Gasteiger partial charge in [-0.25, -0.2) is 4.68 Å². The number of halogens is 1. The van der Waals surface area contributed by atoms with Gasteiger partial charge in [0.1, 0.15) is 6.04 Å². The fraction of sp³-hybridized carbons (Fsp3) is 0.233. The number of carbonyl (C=O) groups is 1. The zero-order valence-corrected chi connectivity index (χ0v) is 24.2. The third kappa shape index (κ3) is 5.67. The standard InChI is InChI=1S/C30H31ClN6OS/c1-18-10-15-25(19(2)16-18)33-28(38)26-20(3)32-29-34-30(39-17-22-8-6-7-9-24(22)31)35-37(29)27(26)21-11-13-23(14-12-21)36(4)5/h6-16,27H,17H2,1-5H3,(H,33,38)(H,32,34,35). The number of amides is 1. The molecule has 5 rings (SSSR count). The van der Waals surface area contributed by atoms with E-state index in [1.807, 2.05) is 93.0 Å². The minimum atomic E-state index is -0.453. The molecular formula is C30H31ClN6OS. The molecule has 0 aliphatic carbocycles. The molecule has 0 saturated heterocycles. The van der Waals surface area contributed by atoms with Crippen LogP contribution in [0.4, 0.5) is 17.3 Å². The number of nitrogens with one attached hydrogen (secondary N) is 2. The highest BCUT2D eigenvalue weighted by Crippen LogP contribution is 2.38. The number of aryl methyl sites for hydroxylation is 2. The van der Waals surface area contributed by atoms with E-state index in [0.29, 0.717) is 27.5 Å². The quantitative estimate of drug-likeness (QED) is 0.242. The van der Waals surface area contributed by atoms with Gasteiger partial charge in [-0.2, -0.15) is 4.98 Å². The normalized spacial score (nSPS) is 14.6. The van der Waals surface area contributed by atoms with Gasteiger partial charge in [0.15, 0.2) is 0 Å². The SMILES string of the molecule is CC1=C(C(=O)Nc2ccc(C)cc2C)C(c2ccc(N(C)C)cc2)n2nc(SCc3ccccc3Cl)nc2N1. The summed E-state index contributed by atoms with van der Waals surface area (Å²) in [6, 6.07) is 21.5. The average Bonchev–Trinajstić information content (AvgIpc) is 3.31. The predicted molar refractivity (Wildman–Crippen MR) is 161 cm³/mol. The molecular weight excluding hydrogens is 528 g/mol. The Balaban J connectivity index is 1.51. The molecule has 1 aromatic heterocycles. The molecule has 1 amide bonds. The smallest absolute Gasteiger partial charge is 0.255 e. The summed E-state index contributed by atoms with van der Waals surface area (Å²) >= 11 is 7.87. The van der Waals surface area contributed by atoms with Crippen molar-refractivity contribution in [1.29, 1.82) is 0 Å². The van der Waals surface area contributed by atoms with Gasteiger partial charge in [-0.1, -0.05) is 71.4 Å². The Morgan fingerprint density at radius 3 is 2.51 bits per heavy atom. The van der Waals surface area contributed by atoms with Gasteiger partial charge in [0.2, 0.25) is 11.1 Å². The van der Waals surface area contributed by atoms with Crippen LogP contribution in [0.25, 0.3) is 0 Å². The van der Waals surface area contributed by atoms with Gasteiger partial charge in [-0.3, -0.25) is 4.79 Å². The zero-order chi connectivity index (χ0) is 27.7. The number of aromatic nitrogens is 3. The Bertz CT molecular complexity index is 1560. The molecule has 2 N–H and O–H groups in total. The van der Waals surface area contributed by atoms with Crippen LogP contribution in [-0.2, 0) is 10.5 Å². The lowest BCUT2D eigenvalue weighted by Gasteiger charge is -2.29. The second kappa shape index (κ2) is 11.2. The van der Waals surface area contributed by atoms with E-state index in [9.17, 15) is 4.79 Å². The van der Waals surface area contributed by atoms with Crippen molar-refractivity contribution in [2.45, 2.75) is 37.7 Å². The van der Waals surface area contributed by atoms with Crippen molar-refractivity contribution in [2.75, 3.05) is 29.6 Å². The number of thioether (sulfide) groups is 1. The number of hydrogen-bond donors (Lipinski definition) is 2. The highest BCUT2D eigenvalue weighted by atomic mass is 35.5. The maximum absolute atomic E-state index is 13.8. The number of benzene rings is 3. The van der Waals surface area contributed by atoms with Crippen molar-refractivity contribution in [2.24, 2.45) is 0 Å². The molecule has 4 aromatic rings. The van der Waals surface area contributed by atoms with Crippen molar-refractivity contribution in [3.63, 3.8) is 0 Å². The van der Waals surface area contributed by atoms with E-state index in [2.05, 4.69) is 28.8 Å². The minimum absolute atomic E-state index is 0.181. The first-order chi connectivity index (χ1) is 18.7. The van der Waals surface area contributed by atoms with Gasteiger partial charge in [0, 0.05) is 41.9 Å². The highest BCUT2D eigenvalue weighted by molar-refractivity contribution is 7.98. The first-order valence-electron chi connectivity index (χ1n) is 12.7. The molecule has 0 saturated carbocycles. The fourth-order valence-electron chi connectivity index (χ4n) is 4.65. The van der Waals surface area contributed by atoms with Crippen LogP contribution < -0.4 is 15.5 Å². The summed E-state index contributed by atoms with van der Waals surface area (Å²) < 4.78 is 1.81. The minimum Gasteiger partial charge on any atom is -0.378 e. The lowest BCUT2D eigenvalue weighted by molar-refractivity contribution is -0.113. The Labute approximate surface area is 238 Å². The summed E-state index contributed by atoms with van der Waals surface area (Å²) in [5, 5.41) is 12.6. The van der Waals surface area contributed by atoms with Crippen LogP contribution in [0.1, 0.15) is 35.2 Å². The number of allylic oxidation sites excluding steroid dienone is 1.